The molecule has 0 radical (unpaired) electrons. The molecule has 0 aromatic carbocycles. The number of carbonyl (C=O) groups excluding carboxylic acids is 1. The molecule has 26 heavy (non-hydrogen) atoms. The van der Waals surface area contributed by atoms with Gasteiger partial charge in [0, 0.05) is 18.9 Å². The van der Waals surface area contributed by atoms with E-state index in [9.17, 15) is 9.90 Å². The largest absolute Gasteiger partial charge is 0.417 e. The van der Waals surface area contributed by atoms with Crippen LogP contribution in [-0.2, 0) is 9.22 Å². The van der Waals surface area contributed by atoms with Gasteiger partial charge in [-0.15, -0.1) is 0 Å². The van der Waals surface area contributed by atoms with Crippen molar-refractivity contribution < 1.29 is 14.3 Å². The minimum Gasteiger partial charge on any atom is -0.417 e. The van der Waals surface area contributed by atoms with Crippen LogP contribution in [0.1, 0.15) is 80.6 Å². The molecule has 0 bridgehead atoms. The van der Waals surface area contributed by atoms with E-state index in [1.165, 1.54) is 0 Å². The Balaban J connectivity index is 2.23. The van der Waals surface area contributed by atoms with Crippen molar-refractivity contribution in [3.05, 3.63) is 0 Å². The molecule has 0 aromatic heterocycles. The monoisotopic (exact) mass is 382 g/mol. The first-order chi connectivity index (χ1) is 11.5. The Morgan fingerprint density at radius 2 is 1.73 bits per heavy atom. The van der Waals surface area contributed by atoms with Gasteiger partial charge in [-0.05, 0) is 61.1 Å². The topological polar surface area (TPSA) is 46.5 Å². The molecule has 4 heteroatoms. The molecule has 2 saturated carbocycles. The average Bonchev–Trinajstić information content (AvgIpc) is 2.38. The minimum absolute atomic E-state index is 0.0269. The van der Waals surface area contributed by atoms with Gasteiger partial charge in [0.1, 0.15) is 5.78 Å². The standard InChI is InChI=1S/C22H42O3Si/c1-19(2,3)26(8,9)25-14-11-17-21(6)13-10-12-20(4,5)18(21)16(23)15-22(17,7)24/h17-18,24H,10-15H2,1-9H3/t17-,18-,21-,22-/m1/s1. The van der Waals surface area contributed by atoms with E-state index in [0.29, 0.717) is 13.0 Å². The van der Waals surface area contributed by atoms with Gasteiger partial charge in [-0.2, -0.15) is 0 Å². The summed E-state index contributed by atoms with van der Waals surface area (Å²) >= 11 is 0. The van der Waals surface area contributed by atoms with Crippen LogP contribution in [0.25, 0.3) is 0 Å². The fourth-order valence-corrected chi connectivity index (χ4v) is 6.92. The van der Waals surface area contributed by atoms with Crippen molar-refractivity contribution in [1.82, 2.24) is 0 Å². The summed E-state index contributed by atoms with van der Waals surface area (Å²) in [6.07, 6.45) is 4.42. The van der Waals surface area contributed by atoms with Gasteiger partial charge in [-0.3, -0.25) is 4.79 Å². The third-order valence-corrected chi connectivity index (χ3v) is 12.6. The second-order valence-electron chi connectivity index (χ2n) is 11.7. The van der Waals surface area contributed by atoms with Gasteiger partial charge in [0.25, 0.3) is 0 Å². The molecule has 0 saturated heterocycles. The van der Waals surface area contributed by atoms with Crippen molar-refractivity contribution in [3.8, 4) is 0 Å². The van der Waals surface area contributed by atoms with Crippen molar-refractivity contribution in [1.29, 1.82) is 0 Å². The molecule has 0 unspecified atom stereocenters. The smallest absolute Gasteiger partial charge is 0.191 e. The van der Waals surface area contributed by atoms with E-state index in [1.807, 2.05) is 6.92 Å². The molecule has 4 atom stereocenters. The second kappa shape index (κ2) is 6.70. The van der Waals surface area contributed by atoms with Gasteiger partial charge in [0.2, 0.25) is 0 Å². The van der Waals surface area contributed by atoms with Gasteiger partial charge in [-0.25, -0.2) is 0 Å². The predicted molar refractivity (Wildman–Crippen MR) is 111 cm³/mol. The average molecular weight is 383 g/mol. The highest BCUT2D eigenvalue weighted by Crippen LogP contribution is 2.61. The fraction of sp³-hybridized carbons (Fsp3) is 0.955. The number of rotatable bonds is 4. The number of carbonyl (C=O) groups is 1. The van der Waals surface area contributed by atoms with E-state index in [4.69, 9.17) is 4.43 Å². The molecule has 3 nitrogen and oxygen atoms in total. The Morgan fingerprint density at radius 1 is 1.15 bits per heavy atom. The van der Waals surface area contributed by atoms with Crippen LogP contribution in [0.2, 0.25) is 18.1 Å². The number of aliphatic hydroxyl groups is 1. The van der Waals surface area contributed by atoms with Gasteiger partial charge in [0.15, 0.2) is 8.32 Å². The third kappa shape index (κ3) is 3.84. The highest BCUT2D eigenvalue weighted by atomic mass is 28.4. The lowest BCUT2D eigenvalue weighted by molar-refractivity contribution is -0.181. The van der Waals surface area contributed by atoms with Crippen LogP contribution < -0.4 is 0 Å². The highest BCUT2D eigenvalue weighted by molar-refractivity contribution is 6.74. The first kappa shape index (κ1) is 22.1. The molecule has 2 aliphatic carbocycles. The van der Waals surface area contributed by atoms with Crippen molar-refractivity contribution in [2.45, 2.75) is 104 Å². The normalized spacial score (nSPS) is 38.2. The maximum absolute atomic E-state index is 13.0. The summed E-state index contributed by atoms with van der Waals surface area (Å²) in [6, 6.07) is 0. The van der Waals surface area contributed by atoms with Crippen molar-refractivity contribution in [2.24, 2.45) is 22.7 Å². The first-order valence-corrected chi connectivity index (χ1v) is 13.3. The SMILES string of the molecule is CC1(C)CCC[C@@]2(C)[C@@H]1C(=O)C[C@@](C)(O)[C@@H]2CCO[Si](C)(C)C(C)(C)C. The minimum atomic E-state index is -1.79. The van der Waals surface area contributed by atoms with Crippen LogP contribution in [-0.4, -0.2) is 31.4 Å². The van der Waals surface area contributed by atoms with E-state index >= 15 is 0 Å². The molecular weight excluding hydrogens is 340 g/mol. The Labute approximate surface area is 162 Å². The van der Waals surface area contributed by atoms with Gasteiger partial charge < -0.3 is 9.53 Å². The van der Waals surface area contributed by atoms with E-state index in [1.54, 1.807) is 0 Å². The van der Waals surface area contributed by atoms with Crippen molar-refractivity contribution in [3.63, 3.8) is 0 Å². The highest BCUT2D eigenvalue weighted by Gasteiger charge is 2.61. The Bertz CT molecular complexity index is 544. The predicted octanol–water partition coefficient (Wildman–Crippen LogP) is 5.57. The first-order valence-electron chi connectivity index (χ1n) is 10.4. The van der Waals surface area contributed by atoms with E-state index in [-0.39, 0.29) is 33.5 Å². The third-order valence-electron chi connectivity index (χ3n) is 8.05. The molecule has 2 rings (SSSR count). The molecule has 0 heterocycles. The Hall–Kier alpha value is -0.193. The van der Waals surface area contributed by atoms with Crippen LogP contribution in [0, 0.1) is 22.7 Å². The van der Waals surface area contributed by atoms with Crippen LogP contribution in [0.4, 0.5) is 0 Å². The van der Waals surface area contributed by atoms with Crippen LogP contribution in [0.15, 0.2) is 0 Å². The fourth-order valence-electron chi connectivity index (χ4n) is 5.86. The summed E-state index contributed by atoms with van der Waals surface area (Å²) in [5, 5.41) is 11.4. The molecule has 0 aliphatic heterocycles. The summed E-state index contributed by atoms with van der Waals surface area (Å²) in [5.41, 5.74) is -1.02. The zero-order valence-electron chi connectivity index (χ0n) is 18.7. The maximum Gasteiger partial charge on any atom is 0.191 e. The lowest BCUT2D eigenvalue weighted by Crippen LogP contribution is -2.61. The Morgan fingerprint density at radius 3 is 2.27 bits per heavy atom. The summed E-state index contributed by atoms with van der Waals surface area (Å²) in [5.74, 6) is 0.438. The lowest BCUT2D eigenvalue weighted by Gasteiger charge is -2.60. The van der Waals surface area contributed by atoms with Gasteiger partial charge >= 0.3 is 0 Å². The maximum atomic E-state index is 13.0. The number of hydrogen-bond donors (Lipinski definition) is 1. The van der Waals surface area contributed by atoms with E-state index in [0.717, 1.165) is 25.7 Å². The number of hydrogen-bond acceptors (Lipinski definition) is 3. The molecule has 0 spiro atoms. The van der Waals surface area contributed by atoms with Gasteiger partial charge in [-0.1, -0.05) is 48.0 Å². The summed E-state index contributed by atoms with van der Waals surface area (Å²) in [4.78, 5) is 13.0. The molecule has 0 aromatic rings. The lowest BCUT2D eigenvalue weighted by atomic mass is 9.45. The molecule has 2 fully saturated rings. The van der Waals surface area contributed by atoms with Crippen molar-refractivity contribution >= 4 is 14.1 Å². The van der Waals surface area contributed by atoms with E-state index in [2.05, 4.69) is 54.6 Å². The summed E-state index contributed by atoms with van der Waals surface area (Å²) in [6.45, 7) is 20.7. The Kier molecular flexibility index (Phi) is 5.70. The molecule has 0 amide bonds. The second-order valence-corrected chi connectivity index (χ2v) is 16.5. The van der Waals surface area contributed by atoms with Crippen LogP contribution in [0.3, 0.4) is 0 Å². The molecule has 152 valence electrons. The number of fused-ring (bicyclic) bond motifs is 1. The zero-order valence-corrected chi connectivity index (χ0v) is 19.7. The van der Waals surface area contributed by atoms with Crippen LogP contribution >= 0.6 is 0 Å². The number of ketones is 1. The molecule has 1 N–H and O–H groups in total. The van der Waals surface area contributed by atoms with Gasteiger partial charge in [0.05, 0.1) is 5.60 Å². The quantitative estimate of drug-likeness (QED) is 0.646. The molecular formula is C22H42O3Si. The zero-order chi connectivity index (χ0) is 20.2. The molecule has 2 aliphatic rings. The van der Waals surface area contributed by atoms with E-state index < -0.39 is 13.9 Å². The summed E-state index contributed by atoms with van der Waals surface area (Å²) < 4.78 is 6.44. The van der Waals surface area contributed by atoms with Crippen LogP contribution in [0.5, 0.6) is 0 Å². The van der Waals surface area contributed by atoms with Crippen molar-refractivity contribution in [2.75, 3.05) is 6.61 Å². The summed E-state index contributed by atoms with van der Waals surface area (Å²) in [7, 11) is -1.79. The number of Topliss-reactive ketones (excluding diaryl/α,β-unsaturated/α-hetero) is 1.